The average molecular weight is 337 g/mol. The minimum absolute atomic E-state index is 0.0201. The summed E-state index contributed by atoms with van der Waals surface area (Å²) in [7, 11) is 0. The smallest absolute Gasteiger partial charge is 0.319 e. The van der Waals surface area contributed by atoms with Crippen molar-refractivity contribution in [2.24, 2.45) is 0 Å². The van der Waals surface area contributed by atoms with Crippen molar-refractivity contribution in [3.8, 4) is 0 Å². The van der Waals surface area contributed by atoms with E-state index < -0.39 is 5.54 Å². The highest BCUT2D eigenvalue weighted by atomic mass is 35.5. The van der Waals surface area contributed by atoms with Gasteiger partial charge in [0.25, 0.3) is 0 Å². The van der Waals surface area contributed by atoms with Crippen LogP contribution >= 0.6 is 11.6 Å². The zero-order valence-electron chi connectivity index (χ0n) is 13.2. The van der Waals surface area contributed by atoms with Gasteiger partial charge in [0.15, 0.2) is 0 Å². The summed E-state index contributed by atoms with van der Waals surface area (Å²) in [5, 5.41) is 19.4. The molecule has 1 aromatic carbocycles. The largest absolute Gasteiger partial charge is 0.396 e. The SMILES string of the molecule is CC(C)(CCO)NC(=O)Nc1cnn(Cc2ccc(Cl)cc2)c1. The van der Waals surface area contributed by atoms with Crippen LogP contribution in [-0.4, -0.2) is 33.1 Å². The molecule has 124 valence electrons. The van der Waals surface area contributed by atoms with E-state index in [2.05, 4.69) is 15.7 Å². The van der Waals surface area contributed by atoms with Crippen LogP contribution in [0.3, 0.4) is 0 Å². The molecule has 0 fully saturated rings. The summed E-state index contributed by atoms with van der Waals surface area (Å²) >= 11 is 5.86. The normalized spacial score (nSPS) is 11.3. The third kappa shape index (κ3) is 5.58. The molecule has 0 spiro atoms. The van der Waals surface area contributed by atoms with Crippen molar-refractivity contribution in [2.45, 2.75) is 32.4 Å². The summed E-state index contributed by atoms with van der Waals surface area (Å²) < 4.78 is 1.73. The summed E-state index contributed by atoms with van der Waals surface area (Å²) in [5.74, 6) is 0. The molecule has 0 atom stereocenters. The van der Waals surface area contributed by atoms with Crippen LogP contribution in [0.25, 0.3) is 0 Å². The van der Waals surface area contributed by atoms with E-state index in [0.717, 1.165) is 5.56 Å². The number of hydrogen-bond acceptors (Lipinski definition) is 3. The Labute approximate surface area is 140 Å². The van der Waals surface area contributed by atoms with Crippen LogP contribution in [0.5, 0.6) is 0 Å². The molecule has 0 aliphatic rings. The molecular weight excluding hydrogens is 316 g/mol. The number of carbonyl (C=O) groups excluding carboxylic acids is 1. The Bertz CT molecular complexity index is 652. The minimum Gasteiger partial charge on any atom is -0.396 e. The molecule has 0 saturated heterocycles. The van der Waals surface area contributed by atoms with E-state index in [9.17, 15) is 4.79 Å². The lowest BCUT2D eigenvalue weighted by atomic mass is 10.0. The van der Waals surface area contributed by atoms with E-state index >= 15 is 0 Å². The molecule has 1 heterocycles. The molecule has 6 nitrogen and oxygen atoms in total. The first kappa shape index (κ1) is 17.3. The van der Waals surface area contributed by atoms with Crippen molar-refractivity contribution in [3.63, 3.8) is 0 Å². The lowest BCUT2D eigenvalue weighted by molar-refractivity contribution is 0.218. The van der Waals surface area contributed by atoms with Crippen molar-refractivity contribution < 1.29 is 9.90 Å². The zero-order valence-corrected chi connectivity index (χ0v) is 14.0. The molecule has 0 radical (unpaired) electrons. The van der Waals surface area contributed by atoms with E-state index in [1.165, 1.54) is 0 Å². The maximum absolute atomic E-state index is 12.0. The molecule has 0 saturated carbocycles. The quantitative estimate of drug-likeness (QED) is 0.759. The molecule has 1 aromatic heterocycles. The summed E-state index contributed by atoms with van der Waals surface area (Å²) in [6.45, 7) is 4.32. The lowest BCUT2D eigenvalue weighted by Crippen LogP contribution is -2.46. The summed E-state index contributed by atoms with van der Waals surface area (Å²) in [5.41, 5.74) is 1.20. The summed E-state index contributed by atoms with van der Waals surface area (Å²) in [6.07, 6.45) is 3.83. The average Bonchev–Trinajstić information content (AvgIpc) is 2.87. The Morgan fingerprint density at radius 3 is 2.70 bits per heavy atom. The predicted octanol–water partition coefficient (Wildman–Crippen LogP) is 2.87. The van der Waals surface area contributed by atoms with Crippen LogP contribution in [0.4, 0.5) is 10.5 Å². The van der Waals surface area contributed by atoms with Gasteiger partial charge in [-0.3, -0.25) is 4.68 Å². The van der Waals surface area contributed by atoms with Gasteiger partial charge in [0.1, 0.15) is 0 Å². The van der Waals surface area contributed by atoms with E-state index in [-0.39, 0.29) is 12.6 Å². The minimum atomic E-state index is -0.474. The fraction of sp³-hybridized carbons (Fsp3) is 0.375. The number of halogens is 1. The molecule has 23 heavy (non-hydrogen) atoms. The van der Waals surface area contributed by atoms with Crippen molar-refractivity contribution >= 4 is 23.3 Å². The molecule has 7 heteroatoms. The number of rotatable bonds is 6. The molecule has 0 aliphatic carbocycles. The number of benzene rings is 1. The Kier molecular flexibility index (Phi) is 5.63. The number of nitrogens with zero attached hydrogens (tertiary/aromatic N) is 2. The number of amides is 2. The van der Waals surface area contributed by atoms with Crippen molar-refractivity contribution in [1.82, 2.24) is 15.1 Å². The van der Waals surface area contributed by atoms with E-state index in [1.807, 2.05) is 38.1 Å². The van der Waals surface area contributed by atoms with Crippen LogP contribution in [0.15, 0.2) is 36.7 Å². The third-order valence-electron chi connectivity index (χ3n) is 3.34. The van der Waals surface area contributed by atoms with Crippen molar-refractivity contribution in [1.29, 1.82) is 0 Å². The van der Waals surface area contributed by atoms with Gasteiger partial charge in [-0.2, -0.15) is 5.10 Å². The Hall–Kier alpha value is -2.05. The van der Waals surface area contributed by atoms with E-state index in [4.69, 9.17) is 16.7 Å². The van der Waals surface area contributed by atoms with Crippen LogP contribution in [0.1, 0.15) is 25.8 Å². The fourth-order valence-corrected chi connectivity index (χ4v) is 2.23. The van der Waals surface area contributed by atoms with Gasteiger partial charge in [-0.15, -0.1) is 0 Å². The van der Waals surface area contributed by atoms with Crippen LogP contribution < -0.4 is 10.6 Å². The van der Waals surface area contributed by atoms with Gasteiger partial charge in [-0.05, 0) is 38.0 Å². The molecule has 3 N–H and O–H groups in total. The highest BCUT2D eigenvalue weighted by Crippen LogP contribution is 2.13. The number of hydrogen-bond donors (Lipinski definition) is 3. The first-order valence-corrected chi connectivity index (χ1v) is 7.73. The van der Waals surface area contributed by atoms with Gasteiger partial charge in [-0.1, -0.05) is 23.7 Å². The van der Waals surface area contributed by atoms with Gasteiger partial charge in [0.2, 0.25) is 0 Å². The molecule has 0 bridgehead atoms. The van der Waals surface area contributed by atoms with Gasteiger partial charge in [0.05, 0.1) is 18.4 Å². The highest BCUT2D eigenvalue weighted by Gasteiger charge is 2.19. The summed E-state index contributed by atoms with van der Waals surface area (Å²) in [6, 6.07) is 7.20. The highest BCUT2D eigenvalue weighted by molar-refractivity contribution is 6.30. The zero-order chi connectivity index (χ0) is 16.9. The van der Waals surface area contributed by atoms with Crippen molar-refractivity contribution in [3.05, 3.63) is 47.2 Å². The molecule has 2 aromatic rings. The standard InChI is InChI=1S/C16H21ClN4O2/c1-16(2,7-8-22)20-15(23)19-14-9-18-21(11-14)10-12-3-5-13(17)6-4-12/h3-6,9,11,22H,7-8,10H2,1-2H3,(H2,19,20,23). The Balaban J connectivity index is 1.91. The number of nitrogens with one attached hydrogen (secondary N) is 2. The monoisotopic (exact) mass is 336 g/mol. The van der Waals surface area contributed by atoms with Crippen LogP contribution in [-0.2, 0) is 6.54 Å². The van der Waals surface area contributed by atoms with Gasteiger partial charge in [-0.25, -0.2) is 4.79 Å². The number of aliphatic hydroxyl groups excluding tert-OH is 1. The lowest BCUT2D eigenvalue weighted by Gasteiger charge is -2.25. The van der Waals surface area contributed by atoms with Gasteiger partial charge >= 0.3 is 6.03 Å². The number of urea groups is 1. The molecule has 0 aliphatic heterocycles. The fourth-order valence-electron chi connectivity index (χ4n) is 2.10. The molecule has 0 unspecified atom stereocenters. The second-order valence-electron chi connectivity index (χ2n) is 5.99. The predicted molar refractivity (Wildman–Crippen MR) is 90.7 cm³/mol. The topological polar surface area (TPSA) is 79.2 Å². The Morgan fingerprint density at radius 2 is 2.04 bits per heavy atom. The molecular formula is C16H21ClN4O2. The van der Waals surface area contributed by atoms with Gasteiger partial charge in [0, 0.05) is 23.4 Å². The Morgan fingerprint density at radius 1 is 1.35 bits per heavy atom. The molecule has 2 amide bonds. The van der Waals surface area contributed by atoms with E-state index in [1.54, 1.807) is 17.1 Å². The first-order valence-electron chi connectivity index (χ1n) is 7.35. The summed E-state index contributed by atoms with van der Waals surface area (Å²) in [4.78, 5) is 12.0. The third-order valence-corrected chi connectivity index (χ3v) is 3.59. The second kappa shape index (κ2) is 7.48. The maximum Gasteiger partial charge on any atom is 0.319 e. The van der Waals surface area contributed by atoms with Gasteiger partial charge < -0.3 is 15.7 Å². The first-order chi connectivity index (χ1) is 10.9. The number of anilines is 1. The van der Waals surface area contributed by atoms with Crippen LogP contribution in [0.2, 0.25) is 5.02 Å². The number of carbonyl (C=O) groups is 1. The maximum atomic E-state index is 12.0. The second-order valence-corrected chi connectivity index (χ2v) is 6.43. The molecule has 2 rings (SSSR count). The van der Waals surface area contributed by atoms with Crippen LogP contribution in [0, 0.1) is 0 Å². The number of aliphatic hydroxyl groups is 1. The van der Waals surface area contributed by atoms with Crippen molar-refractivity contribution in [2.75, 3.05) is 11.9 Å². The van der Waals surface area contributed by atoms with E-state index in [0.29, 0.717) is 23.7 Å². The number of aromatic nitrogens is 2.